The van der Waals surface area contributed by atoms with Crippen LogP contribution in [0.15, 0.2) is 12.1 Å². The lowest BCUT2D eigenvalue weighted by Gasteiger charge is -2.38. The Hall–Kier alpha value is -1.06. The lowest BCUT2D eigenvalue weighted by molar-refractivity contribution is -0.279. The second-order valence-electron chi connectivity index (χ2n) is 9.09. The number of hydrogen-bond donors (Lipinski definition) is 1. The molecule has 0 aliphatic carbocycles. The first kappa shape index (κ1) is 18.3. The van der Waals surface area contributed by atoms with Crippen molar-refractivity contribution in [2.45, 2.75) is 72.0 Å². The van der Waals surface area contributed by atoms with Crippen LogP contribution < -0.4 is 0 Å². The van der Waals surface area contributed by atoms with Gasteiger partial charge in [0.25, 0.3) is 0 Å². The summed E-state index contributed by atoms with van der Waals surface area (Å²) in [5, 5.41) is 10.8. The first-order chi connectivity index (χ1) is 10.3. The topological polar surface area (TPSA) is 38.7 Å². The largest absolute Gasteiger partial charge is 0.507 e. The molecule has 23 heavy (non-hydrogen) atoms. The number of benzene rings is 1. The summed E-state index contributed by atoms with van der Waals surface area (Å²) < 4.78 is 12.1. The Morgan fingerprint density at radius 3 is 1.70 bits per heavy atom. The first-order valence-electron chi connectivity index (χ1n) is 8.51. The van der Waals surface area contributed by atoms with Crippen molar-refractivity contribution in [3.05, 3.63) is 28.8 Å². The molecule has 1 aromatic rings. The molecule has 0 unspecified atom stereocenters. The van der Waals surface area contributed by atoms with Crippen LogP contribution in [-0.2, 0) is 26.1 Å². The van der Waals surface area contributed by atoms with Crippen molar-refractivity contribution in [3.8, 4) is 5.75 Å². The number of rotatable bonds is 1. The predicted molar refractivity (Wildman–Crippen MR) is 93.9 cm³/mol. The lowest BCUT2D eigenvalue weighted by atomic mass is 9.77. The average Bonchev–Trinajstić information content (AvgIpc) is 2.40. The molecule has 1 heterocycles. The predicted octanol–water partition coefficient (Wildman–Crippen LogP) is 4.84. The lowest BCUT2D eigenvalue weighted by Crippen LogP contribution is -2.39. The molecule has 1 saturated heterocycles. The number of phenolic OH excluding ortho intramolecular Hbond substituents is 1. The summed E-state index contributed by atoms with van der Waals surface area (Å²) in [6, 6.07) is 4.08. The van der Waals surface area contributed by atoms with Crippen molar-refractivity contribution in [2.24, 2.45) is 5.92 Å². The van der Waals surface area contributed by atoms with E-state index in [-0.39, 0.29) is 10.8 Å². The zero-order valence-corrected chi connectivity index (χ0v) is 15.9. The van der Waals surface area contributed by atoms with Crippen LogP contribution in [0.4, 0.5) is 0 Å². The molecule has 3 heteroatoms. The maximum absolute atomic E-state index is 10.8. The van der Waals surface area contributed by atoms with Crippen molar-refractivity contribution in [2.75, 3.05) is 13.2 Å². The average molecular weight is 320 g/mol. The Labute approximate surface area is 141 Å². The summed E-state index contributed by atoms with van der Waals surface area (Å²) in [4.78, 5) is 0. The Morgan fingerprint density at radius 2 is 1.35 bits per heavy atom. The Balaban J connectivity index is 2.61. The smallest absolute Gasteiger partial charge is 0.191 e. The van der Waals surface area contributed by atoms with E-state index in [0.29, 0.717) is 24.9 Å². The summed E-state index contributed by atoms with van der Waals surface area (Å²) in [5.74, 6) is 0.0473. The molecule has 1 N–H and O–H groups in total. The van der Waals surface area contributed by atoms with E-state index >= 15 is 0 Å². The van der Waals surface area contributed by atoms with Crippen LogP contribution in [0.2, 0.25) is 0 Å². The molecule has 0 spiro atoms. The van der Waals surface area contributed by atoms with E-state index in [9.17, 15) is 5.11 Å². The van der Waals surface area contributed by atoms with E-state index in [4.69, 9.17) is 9.47 Å². The van der Waals surface area contributed by atoms with Crippen LogP contribution in [0, 0.1) is 5.92 Å². The van der Waals surface area contributed by atoms with Gasteiger partial charge in [0.15, 0.2) is 5.79 Å². The SMILES string of the molecule is CC1COC(C)(c2cc(C(C)(C)C)c(O)c(C(C)(C)C)c2)OC1. The van der Waals surface area contributed by atoms with Gasteiger partial charge in [0.1, 0.15) is 5.75 Å². The van der Waals surface area contributed by atoms with E-state index in [1.807, 2.05) is 19.1 Å². The van der Waals surface area contributed by atoms with Crippen molar-refractivity contribution in [3.63, 3.8) is 0 Å². The van der Waals surface area contributed by atoms with E-state index in [1.165, 1.54) is 0 Å². The molecule has 0 atom stereocenters. The standard InChI is InChI=1S/C20H32O3/c1-13-11-22-20(8,23-12-13)14-9-15(18(2,3)4)17(21)16(10-14)19(5,6)7/h9-10,13,21H,11-12H2,1-8H3. The van der Waals surface area contributed by atoms with E-state index in [0.717, 1.165) is 16.7 Å². The van der Waals surface area contributed by atoms with E-state index in [2.05, 4.69) is 48.5 Å². The summed E-state index contributed by atoms with van der Waals surface area (Å²) >= 11 is 0. The molecular weight excluding hydrogens is 288 g/mol. The van der Waals surface area contributed by atoms with E-state index in [1.54, 1.807) is 0 Å². The normalized spacial score (nSPS) is 26.3. The number of ether oxygens (including phenoxy) is 2. The van der Waals surface area contributed by atoms with Gasteiger partial charge in [-0.25, -0.2) is 0 Å². The minimum Gasteiger partial charge on any atom is -0.507 e. The van der Waals surface area contributed by atoms with Gasteiger partial charge in [-0.15, -0.1) is 0 Å². The molecule has 1 aromatic carbocycles. The van der Waals surface area contributed by atoms with Gasteiger partial charge >= 0.3 is 0 Å². The Kier molecular flexibility index (Phi) is 4.60. The number of aromatic hydroxyl groups is 1. The third-order valence-electron chi connectivity index (χ3n) is 4.54. The Bertz CT molecular complexity index is 533. The monoisotopic (exact) mass is 320 g/mol. The summed E-state index contributed by atoms with van der Waals surface area (Å²) in [6.45, 7) is 18.2. The molecule has 2 rings (SSSR count). The van der Waals surface area contributed by atoms with Crippen LogP contribution in [-0.4, -0.2) is 18.3 Å². The highest BCUT2D eigenvalue weighted by Crippen LogP contribution is 2.43. The molecule has 0 radical (unpaired) electrons. The van der Waals surface area contributed by atoms with Gasteiger partial charge in [0.05, 0.1) is 13.2 Å². The second kappa shape index (κ2) is 5.78. The molecule has 1 fully saturated rings. The fraction of sp³-hybridized carbons (Fsp3) is 0.700. The van der Waals surface area contributed by atoms with Crippen molar-refractivity contribution >= 4 is 0 Å². The molecule has 3 nitrogen and oxygen atoms in total. The van der Waals surface area contributed by atoms with Crippen LogP contribution >= 0.6 is 0 Å². The van der Waals surface area contributed by atoms with Gasteiger partial charge in [0.2, 0.25) is 0 Å². The van der Waals surface area contributed by atoms with Gasteiger partial charge < -0.3 is 14.6 Å². The highest BCUT2D eigenvalue weighted by atomic mass is 16.7. The van der Waals surface area contributed by atoms with Gasteiger partial charge in [-0.05, 0) is 41.0 Å². The third kappa shape index (κ3) is 3.72. The maximum atomic E-state index is 10.8. The second-order valence-corrected chi connectivity index (χ2v) is 9.09. The summed E-state index contributed by atoms with van der Waals surface area (Å²) in [5.41, 5.74) is 2.55. The van der Waals surface area contributed by atoms with Gasteiger partial charge in [-0.1, -0.05) is 48.5 Å². The molecule has 0 amide bonds. The zero-order valence-electron chi connectivity index (χ0n) is 15.9. The summed E-state index contributed by atoms with van der Waals surface area (Å²) in [7, 11) is 0. The fourth-order valence-electron chi connectivity index (χ4n) is 2.90. The fourth-order valence-corrected chi connectivity index (χ4v) is 2.90. The molecule has 0 saturated carbocycles. The number of phenols is 1. The van der Waals surface area contributed by atoms with Gasteiger partial charge in [0, 0.05) is 11.5 Å². The van der Waals surface area contributed by atoms with Crippen LogP contribution in [0.3, 0.4) is 0 Å². The van der Waals surface area contributed by atoms with Crippen molar-refractivity contribution in [1.29, 1.82) is 0 Å². The minimum absolute atomic E-state index is 0.154. The third-order valence-corrected chi connectivity index (χ3v) is 4.54. The van der Waals surface area contributed by atoms with E-state index < -0.39 is 5.79 Å². The Morgan fingerprint density at radius 1 is 0.957 bits per heavy atom. The molecule has 0 bridgehead atoms. The van der Waals surface area contributed by atoms with Crippen LogP contribution in [0.25, 0.3) is 0 Å². The highest BCUT2D eigenvalue weighted by molar-refractivity contribution is 5.50. The molecule has 1 aliphatic rings. The maximum Gasteiger partial charge on any atom is 0.191 e. The summed E-state index contributed by atoms with van der Waals surface area (Å²) in [6.07, 6.45) is 0. The van der Waals surface area contributed by atoms with Crippen LogP contribution in [0.5, 0.6) is 5.75 Å². The van der Waals surface area contributed by atoms with Gasteiger partial charge in [-0.3, -0.25) is 0 Å². The zero-order chi connectivity index (χ0) is 17.6. The van der Waals surface area contributed by atoms with Crippen molar-refractivity contribution < 1.29 is 14.6 Å². The molecular formula is C20H32O3. The minimum atomic E-state index is -0.750. The van der Waals surface area contributed by atoms with Gasteiger partial charge in [-0.2, -0.15) is 0 Å². The first-order valence-corrected chi connectivity index (χ1v) is 8.51. The molecule has 1 aliphatic heterocycles. The molecule has 0 aromatic heterocycles. The highest BCUT2D eigenvalue weighted by Gasteiger charge is 2.37. The quantitative estimate of drug-likeness (QED) is 0.804. The van der Waals surface area contributed by atoms with Crippen molar-refractivity contribution in [1.82, 2.24) is 0 Å². The molecule has 130 valence electrons. The number of hydrogen-bond acceptors (Lipinski definition) is 3. The van der Waals surface area contributed by atoms with Crippen LogP contribution in [0.1, 0.15) is 72.1 Å².